The average Bonchev–Trinajstić information content (AvgIpc) is 2.64. The number of nitrogens with zero attached hydrogens (tertiary/aromatic N) is 2. The van der Waals surface area contributed by atoms with Gasteiger partial charge in [-0.25, -0.2) is 9.29 Å². The number of carbonyl (C=O) groups is 2. The number of carbonyl (C=O) groups excluding carboxylic acids is 2. The van der Waals surface area contributed by atoms with Gasteiger partial charge >= 0.3 is 0 Å². The van der Waals surface area contributed by atoms with Gasteiger partial charge in [-0.05, 0) is 40.2 Å². The average molecular weight is 356 g/mol. The van der Waals surface area contributed by atoms with E-state index in [2.05, 4.69) is 20.9 Å². The highest BCUT2D eigenvalue weighted by atomic mass is 79.9. The van der Waals surface area contributed by atoms with Crippen LogP contribution in [-0.4, -0.2) is 16.8 Å². The summed E-state index contributed by atoms with van der Waals surface area (Å²) in [6.45, 7) is 0. The molecule has 2 amide bonds. The van der Waals surface area contributed by atoms with Crippen molar-refractivity contribution in [3.05, 3.63) is 57.0 Å². The number of rotatable bonds is 1. The lowest BCUT2D eigenvalue weighted by Gasteiger charge is -2.17. The maximum Gasteiger partial charge on any atom is 0.284 e. The van der Waals surface area contributed by atoms with Crippen molar-refractivity contribution in [2.45, 2.75) is 0 Å². The molecule has 1 aromatic carbocycles. The van der Waals surface area contributed by atoms with Crippen molar-refractivity contribution >= 4 is 45.0 Å². The van der Waals surface area contributed by atoms with Crippen LogP contribution in [0.3, 0.4) is 0 Å². The molecule has 0 radical (unpaired) electrons. The van der Waals surface area contributed by atoms with Gasteiger partial charge in [0, 0.05) is 10.7 Å². The first-order valence-corrected chi connectivity index (χ1v) is 6.66. The fourth-order valence-corrected chi connectivity index (χ4v) is 3.03. The van der Waals surface area contributed by atoms with E-state index in [1.807, 2.05) is 0 Å². The summed E-state index contributed by atoms with van der Waals surface area (Å²) in [6.07, 6.45) is 1.43. The molecule has 3 rings (SSSR count). The lowest BCUT2D eigenvalue weighted by Crippen LogP contribution is -2.30. The Bertz CT molecular complexity index is 708. The fourth-order valence-electron chi connectivity index (χ4n) is 2.02. The molecule has 0 spiro atoms. The van der Waals surface area contributed by atoms with Crippen molar-refractivity contribution in [2.24, 2.45) is 0 Å². The van der Waals surface area contributed by atoms with Crippen LogP contribution in [0.2, 0.25) is 5.02 Å². The molecule has 1 aliphatic rings. The predicted molar refractivity (Wildman–Crippen MR) is 74.5 cm³/mol. The summed E-state index contributed by atoms with van der Waals surface area (Å²) in [7, 11) is 0. The molecule has 1 aromatic heterocycles. The molecular weight excluding hydrogens is 351 g/mol. The van der Waals surface area contributed by atoms with E-state index in [0.29, 0.717) is 0 Å². The quantitative estimate of drug-likeness (QED) is 0.736. The Balaban J connectivity index is 2.19. The second kappa shape index (κ2) is 4.64. The number of pyridine rings is 1. The topological polar surface area (TPSA) is 50.3 Å². The lowest BCUT2D eigenvalue weighted by atomic mass is 10.2. The Morgan fingerprint density at radius 3 is 2.65 bits per heavy atom. The minimum Gasteiger partial charge on any atom is -0.268 e. The molecule has 0 unspecified atom stereocenters. The molecule has 0 saturated carbocycles. The monoisotopic (exact) mass is 354 g/mol. The summed E-state index contributed by atoms with van der Waals surface area (Å²) in [6, 6.07) is 5.25. The van der Waals surface area contributed by atoms with Crippen LogP contribution in [0.4, 0.5) is 10.1 Å². The van der Waals surface area contributed by atoms with Crippen LogP contribution in [0, 0.1) is 5.82 Å². The van der Waals surface area contributed by atoms with E-state index in [1.165, 1.54) is 12.3 Å². The molecule has 0 N–H and O–H groups in total. The molecule has 100 valence electrons. The standard InChI is InChI=1S/C13H5BrClFN2O2/c14-8-4-6(16)5-9(15)11(8)18-12(19)7-2-1-3-17-10(7)13(18)20/h1-5H. The molecule has 0 atom stereocenters. The Hall–Kier alpha value is -1.79. The van der Waals surface area contributed by atoms with E-state index in [0.717, 1.165) is 17.0 Å². The highest BCUT2D eigenvalue weighted by Gasteiger charge is 2.39. The van der Waals surface area contributed by atoms with Gasteiger partial charge in [-0.15, -0.1) is 0 Å². The summed E-state index contributed by atoms with van der Waals surface area (Å²) in [5, 5.41) is -0.0358. The Kier molecular flexibility index (Phi) is 3.07. The predicted octanol–water partition coefficient (Wildman–Crippen LogP) is 3.44. The lowest BCUT2D eigenvalue weighted by molar-refractivity contribution is 0.0924. The summed E-state index contributed by atoms with van der Waals surface area (Å²) in [5.41, 5.74) is 0.371. The van der Waals surface area contributed by atoms with Gasteiger partial charge in [0.2, 0.25) is 0 Å². The third kappa shape index (κ3) is 1.83. The fraction of sp³-hybridized carbons (Fsp3) is 0. The van der Waals surface area contributed by atoms with Gasteiger partial charge in [0.05, 0.1) is 16.3 Å². The highest BCUT2D eigenvalue weighted by Crippen LogP contribution is 2.38. The minimum absolute atomic E-state index is 0.0358. The van der Waals surface area contributed by atoms with Crippen molar-refractivity contribution in [3.8, 4) is 0 Å². The normalized spacial score (nSPS) is 13.8. The third-order valence-corrected chi connectivity index (χ3v) is 3.74. The van der Waals surface area contributed by atoms with Crippen LogP contribution in [0.25, 0.3) is 0 Å². The molecule has 20 heavy (non-hydrogen) atoms. The molecule has 2 aromatic rings. The number of hydrogen-bond acceptors (Lipinski definition) is 3. The Morgan fingerprint density at radius 1 is 1.25 bits per heavy atom. The van der Waals surface area contributed by atoms with Crippen LogP contribution in [0.1, 0.15) is 20.8 Å². The summed E-state index contributed by atoms with van der Waals surface area (Å²) < 4.78 is 13.5. The number of benzene rings is 1. The smallest absolute Gasteiger partial charge is 0.268 e. The maximum atomic E-state index is 13.2. The van der Waals surface area contributed by atoms with Crippen LogP contribution < -0.4 is 4.90 Å². The van der Waals surface area contributed by atoms with Gasteiger partial charge in [-0.2, -0.15) is 0 Å². The third-order valence-electron chi connectivity index (χ3n) is 2.85. The van der Waals surface area contributed by atoms with Crippen molar-refractivity contribution in [1.29, 1.82) is 0 Å². The van der Waals surface area contributed by atoms with Crippen LogP contribution in [0.15, 0.2) is 34.9 Å². The zero-order chi connectivity index (χ0) is 14.4. The number of aromatic nitrogens is 1. The first kappa shape index (κ1) is 13.2. The van der Waals surface area contributed by atoms with E-state index in [1.54, 1.807) is 6.07 Å². The number of fused-ring (bicyclic) bond motifs is 1. The van der Waals surface area contributed by atoms with Crippen molar-refractivity contribution in [2.75, 3.05) is 4.90 Å². The first-order chi connectivity index (χ1) is 9.50. The van der Waals surface area contributed by atoms with E-state index < -0.39 is 17.6 Å². The van der Waals surface area contributed by atoms with Gasteiger partial charge in [0.25, 0.3) is 11.8 Å². The molecule has 1 aliphatic heterocycles. The number of imide groups is 1. The van der Waals surface area contributed by atoms with Gasteiger partial charge in [0.1, 0.15) is 11.5 Å². The number of hydrogen-bond donors (Lipinski definition) is 0. The second-order valence-corrected chi connectivity index (χ2v) is 5.32. The molecule has 7 heteroatoms. The number of halogens is 3. The number of amides is 2. The van der Waals surface area contributed by atoms with Crippen LogP contribution >= 0.6 is 27.5 Å². The summed E-state index contributed by atoms with van der Waals surface area (Å²) in [5.74, 6) is -1.69. The van der Waals surface area contributed by atoms with E-state index in [4.69, 9.17) is 11.6 Å². The van der Waals surface area contributed by atoms with E-state index >= 15 is 0 Å². The van der Waals surface area contributed by atoms with Gasteiger partial charge in [0.15, 0.2) is 0 Å². The Labute approximate surface area is 126 Å². The Morgan fingerprint density at radius 2 is 2.00 bits per heavy atom. The highest BCUT2D eigenvalue weighted by molar-refractivity contribution is 9.10. The van der Waals surface area contributed by atoms with Crippen molar-refractivity contribution in [1.82, 2.24) is 4.98 Å². The van der Waals surface area contributed by atoms with E-state index in [9.17, 15) is 14.0 Å². The zero-order valence-corrected chi connectivity index (χ0v) is 12.1. The molecule has 2 heterocycles. The summed E-state index contributed by atoms with van der Waals surface area (Å²) >= 11 is 9.07. The largest absolute Gasteiger partial charge is 0.284 e. The molecule has 0 bridgehead atoms. The second-order valence-electron chi connectivity index (χ2n) is 4.06. The minimum atomic E-state index is -0.584. The molecule has 0 fully saturated rings. The molecule has 0 aliphatic carbocycles. The summed E-state index contributed by atoms with van der Waals surface area (Å²) in [4.78, 5) is 29.3. The van der Waals surface area contributed by atoms with Gasteiger partial charge in [-0.3, -0.25) is 14.6 Å². The maximum absolute atomic E-state index is 13.2. The van der Waals surface area contributed by atoms with Gasteiger partial charge in [-0.1, -0.05) is 11.6 Å². The number of anilines is 1. The van der Waals surface area contributed by atoms with E-state index in [-0.39, 0.29) is 26.4 Å². The molecule has 4 nitrogen and oxygen atoms in total. The van der Waals surface area contributed by atoms with Crippen molar-refractivity contribution < 1.29 is 14.0 Å². The first-order valence-electron chi connectivity index (χ1n) is 5.49. The van der Waals surface area contributed by atoms with Crippen molar-refractivity contribution in [3.63, 3.8) is 0 Å². The van der Waals surface area contributed by atoms with Crippen LogP contribution in [0.5, 0.6) is 0 Å². The van der Waals surface area contributed by atoms with Gasteiger partial charge < -0.3 is 0 Å². The molecular formula is C13H5BrClFN2O2. The van der Waals surface area contributed by atoms with Crippen LogP contribution in [-0.2, 0) is 0 Å². The molecule has 0 saturated heterocycles. The SMILES string of the molecule is O=C1c2cccnc2C(=O)N1c1c(Cl)cc(F)cc1Br. The zero-order valence-electron chi connectivity index (χ0n) is 9.73.